The molecule has 0 heterocycles. The molecule has 0 saturated heterocycles. The zero-order chi connectivity index (χ0) is 12.6. The first-order valence-corrected chi connectivity index (χ1v) is 5.87. The molecule has 0 aromatic rings. The van der Waals surface area contributed by atoms with Crippen LogP contribution in [0, 0.1) is 0 Å². The van der Waals surface area contributed by atoms with Gasteiger partial charge in [0.2, 0.25) is 0 Å². The van der Waals surface area contributed by atoms with E-state index in [0.717, 1.165) is 11.4 Å². The number of aliphatic hydroxyl groups excluding tert-OH is 1. The predicted molar refractivity (Wildman–Crippen MR) is 55.0 cm³/mol. The lowest BCUT2D eigenvalue weighted by Crippen LogP contribution is -2.45. The number of ether oxygens (including phenoxy) is 2. The van der Waals surface area contributed by atoms with Gasteiger partial charge in [0.1, 0.15) is 0 Å². The molecular formula is C7H16N2O6S. The fourth-order valence-electron chi connectivity index (χ4n) is 0.868. The first kappa shape index (κ1) is 15.1. The molecule has 0 unspecified atom stereocenters. The highest BCUT2D eigenvalue weighted by molar-refractivity contribution is 7.87. The van der Waals surface area contributed by atoms with Crippen LogP contribution in [-0.4, -0.2) is 64.4 Å². The first-order chi connectivity index (χ1) is 7.47. The van der Waals surface area contributed by atoms with Crippen LogP contribution in [0.25, 0.3) is 0 Å². The summed E-state index contributed by atoms with van der Waals surface area (Å²) in [6.45, 7) is -0.299. The van der Waals surface area contributed by atoms with E-state index in [9.17, 15) is 13.2 Å². The van der Waals surface area contributed by atoms with E-state index < -0.39 is 16.3 Å². The fraction of sp³-hybridized carbons (Fsp3) is 0.857. The van der Waals surface area contributed by atoms with Crippen LogP contribution < -0.4 is 4.72 Å². The van der Waals surface area contributed by atoms with Gasteiger partial charge in [-0.3, -0.25) is 0 Å². The van der Waals surface area contributed by atoms with Gasteiger partial charge in [-0.1, -0.05) is 0 Å². The van der Waals surface area contributed by atoms with Crippen LogP contribution in [0.5, 0.6) is 0 Å². The highest BCUT2D eigenvalue weighted by atomic mass is 32.2. The van der Waals surface area contributed by atoms with Gasteiger partial charge >= 0.3 is 16.3 Å². The summed E-state index contributed by atoms with van der Waals surface area (Å²) in [7, 11) is -1.53. The zero-order valence-corrected chi connectivity index (χ0v) is 9.99. The van der Waals surface area contributed by atoms with Crippen molar-refractivity contribution < 1.29 is 27.8 Å². The quantitative estimate of drug-likeness (QED) is 0.576. The Morgan fingerprint density at radius 1 is 1.38 bits per heavy atom. The largest absolute Gasteiger partial charge is 0.452 e. The average molecular weight is 256 g/mol. The molecule has 0 aliphatic carbocycles. The van der Waals surface area contributed by atoms with Crippen molar-refractivity contribution in [1.29, 1.82) is 0 Å². The Morgan fingerprint density at radius 3 is 2.44 bits per heavy atom. The Labute approximate surface area is 94.3 Å². The molecule has 0 aliphatic rings. The van der Waals surface area contributed by atoms with Gasteiger partial charge in [-0.05, 0) is 0 Å². The van der Waals surface area contributed by atoms with Crippen molar-refractivity contribution in [1.82, 2.24) is 9.03 Å². The summed E-state index contributed by atoms with van der Waals surface area (Å²) in [5.74, 6) is 0. The van der Waals surface area contributed by atoms with Crippen molar-refractivity contribution in [3.63, 3.8) is 0 Å². The topological polar surface area (TPSA) is 105 Å². The lowest BCUT2D eigenvalue weighted by Gasteiger charge is -2.20. The summed E-state index contributed by atoms with van der Waals surface area (Å²) < 4.78 is 34.5. The molecule has 0 spiro atoms. The van der Waals surface area contributed by atoms with Crippen LogP contribution in [0.15, 0.2) is 0 Å². The highest BCUT2D eigenvalue weighted by Gasteiger charge is 2.23. The molecule has 0 bridgehead atoms. The highest BCUT2D eigenvalue weighted by Crippen LogP contribution is 1.97. The van der Waals surface area contributed by atoms with E-state index in [4.69, 9.17) is 9.84 Å². The van der Waals surface area contributed by atoms with E-state index in [1.165, 1.54) is 7.11 Å². The van der Waals surface area contributed by atoms with Gasteiger partial charge in [-0.15, -0.1) is 0 Å². The van der Waals surface area contributed by atoms with Crippen LogP contribution >= 0.6 is 0 Å². The van der Waals surface area contributed by atoms with Gasteiger partial charge in [0.25, 0.3) is 0 Å². The summed E-state index contributed by atoms with van der Waals surface area (Å²) in [5.41, 5.74) is 0. The number of nitrogens with zero attached hydrogens (tertiary/aromatic N) is 1. The Hall–Kier alpha value is -0.900. The van der Waals surface area contributed by atoms with Crippen molar-refractivity contribution in [3.05, 3.63) is 0 Å². The number of carbonyl (C=O) groups is 1. The molecule has 0 aromatic carbocycles. The monoisotopic (exact) mass is 256 g/mol. The van der Waals surface area contributed by atoms with Gasteiger partial charge in [0, 0.05) is 20.2 Å². The number of nitrogens with one attached hydrogen (secondary N) is 1. The van der Waals surface area contributed by atoms with Gasteiger partial charge < -0.3 is 14.6 Å². The third-order valence-corrected chi connectivity index (χ3v) is 3.10. The van der Waals surface area contributed by atoms with Crippen molar-refractivity contribution >= 4 is 16.3 Å². The summed E-state index contributed by atoms with van der Waals surface area (Å²) in [6, 6.07) is 0. The Balaban J connectivity index is 4.55. The van der Waals surface area contributed by atoms with E-state index in [0.29, 0.717) is 0 Å². The van der Waals surface area contributed by atoms with Crippen molar-refractivity contribution in [2.24, 2.45) is 0 Å². The number of hydrogen-bond donors (Lipinski definition) is 2. The minimum absolute atomic E-state index is 0.0311. The molecule has 2 N–H and O–H groups in total. The van der Waals surface area contributed by atoms with Crippen molar-refractivity contribution in [2.75, 3.05) is 40.5 Å². The van der Waals surface area contributed by atoms with Gasteiger partial charge in [0.15, 0.2) is 0 Å². The van der Waals surface area contributed by atoms with Gasteiger partial charge in [-0.25, -0.2) is 9.52 Å². The molecule has 0 radical (unpaired) electrons. The predicted octanol–water partition coefficient (Wildman–Crippen LogP) is -1.47. The summed E-state index contributed by atoms with van der Waals surface area (Å²) in [5, 5.41) is 8.70. The molecule has 0 rings (SSSR count). The number of methoxy groups -OCH3 is 2. The third kappa shape index (κ3) is 5.26. The van der Waals surface area contributed by atoms with Crippen LogP contribution in [0.1, 0.15) is 0 Å². The smallest absolute Gasteiger partial charge is 0.421 e. The molecule has 0 atom stereocenters. The SMILES string of the molecule is COCCN(CCO)S(=O)(=O)NC(=O)OC. The third-order valence-electron chi connectivity index (χ3n) is 1.63. The maximum Gasteiger partial charge on any atom is 0.421 e. The molecule has 0 aromatic heterocycles. The average Bonchev–Trinajstić information content (AvgIpc) is 2.23. The van der Waals surface area contributed by atoms with E-state index in [-0.39, 0.29) is 26.3 Å². The Bertz CT molecular complexity index is 304. The summed E-state index contributed by atoms with van der Waals surface area (Å²) in [6.07, 6.45) is -1.08. The zero-order valence-electron chi connectivity index (χ0n) is 9.17. The Kier molecular flexibility index (Phi) is 6.97. The maximum atomic E-state index is 11.5. The standard InChI is InChI=1S/C7H16N2O6S/c1-14-6-4-9(3-5-10)16(12,13)8-7(11)15-2/h10H,3-6H2,1-2H3,(H,8,11). The van der Waals surface area contributed by atoms with E-state index in [1.54, 1.807) is 4.72 Å². The van der Waals surface area contributed by atoms with Crippen molar-refractivity contribution in [3.8, 4) is 0 Å². The molecule has 16 heavy (non-hydrogen) atoms. The van der Waals surface area contributed by atoms with Crippen LogP contribution in [0.4, 0.5) is 4.79 Å². The first-order valence-electron chi connectivity index (χ1n) is 4.43. The normalized spacial score (nSPS) is 11.5. The fourth-order valence-corrected chi connectivity index (χ4v) is 1.93. The second kappa shape index (κ2) is 7.39. The summed E-state index contributed by atoms with van der Waals surface area (Å²) >= 11 is 0. The van der Waals surface area contributed by atoms with E-state index >= 15 is 0 Å². The second-order valence-corrected chi connectivity index (χ2v) is 4.38. The minimum Gasteiger partial charge on any atom is -0.452 e. The van der Waals surface area contributed by atoms with Gasteiger partial charge in [0.05, 0.1) is 20.3 Å². The minimum atomic E-state index is -4.00. The molecule has 0 fully saturated rings. The lowest BCUT2D eigenvalue weighted by molar-refractivity contribution is 0.164. The molecule has 8 nitrogen and oxygen atoms in total. The maximum absolute atomic E-state index is 11.5. The molecule has 0 saturated carbocycles. The van der Waals surface area contributed by atoms with Crippen LogP contribution in [0.2, 0.25) is 0 Å². The molecule has 1 amide bonds. The number of carbonyl (C=O) groups excluding carboxylic acids is 1. The number of rotatable bonds is 7. The number of amides is 1. The Morgan fingerprint density at radius 2 is 2.00 bits per heavy atom. The van der Waals surface area contributed by atoms with E-state index in [1.807, 2.05) is 0 Å². The summed E-state index contributed by atoms with van der Waals surface area (Å²) in [4.78, 5) is 10.8. The molecule has 9 heteroatoms. The molecular weight excluding hydrogens is 240 g/mol. The number of aliphatic hydroxyl groups is 1. The van der Waals surface area contributed by atoms with E-state index in [2.05, 4.69) is 4.74 Å². The van der Waals surface area contributed by atoms with Gasteiger partial charge in [-0.2, -0.15) is 12.7 Å². The second-order valence-electron chi connectivity index (χ2n) is 2.71. The molecule has 96 valence electrons. The lowest BCUT2D eigenvalue weighted by atomic mass is 10.6. The van der Waals surface area contributed by atoms with Crippen molar-refractivity contribution in [2.45, 2.75) is 0 Å². The van der Waals surface area contributed by atoms with Crippen LogP contribution in [-0.2, 0) is 19.7 Å². The number of hydrogen-bond acceptors (Lipinski definition) is 6. The van der Waals surface area contributed by atoms with Crippen LogP contribution in [0.3, 0.4) is 0 Å². The molecule has 0 aliphatic heterocycles.